The predicted octanol–water partition coefficient (Wildman–Crippen LogP) is -0.915. The molecule has 0 amide bonds. The molecule has 0 spiro atoms. The summed E-state index contributed by atoms with van der Waals surface area (Å²) in [5, 5.41) is 0.884. The van der Waals surface area contributed by atoms with Gasteiger partial charge in [0.05, 0.1) is 12.3 Å². The lowest BCUT2D eigenvalue weighted by Gasteiger charge is -1.99. The third-order valence-electron chi connectivity index (χ3n) is 1.84. The third-order valence-corrected chi connectivity index (χ3v) is 2.14. The Bertz CT molecular complexity index is 500. The fourth-order valence-electron chi connectivity index (χ4n) is 1.18. The summed E-state index contributed by atoms with van der Waals surface area (Å²) in [6, 6.07) is -0.649. The Morgan fingerprint density at radius 1 is 1.57 bits per heavy atom. The van der Waals surface area contributed by atoms with Gasteiger partial charge >= 0.3 is 5.97 Å². The quantitative estimate of drug-likeness (QED) is 0.446. The summed E-state index contributed by atoms with van der Waals surface area (Å²) in [5.41, 5.74) is 0.431. The molecule has 0 N–H and O–H groups in total. The number of ether oxygens (including phenoxy) is 1. The Balaban J connectivity index is 2.54. The van der Waals surface area contributed by atoms with Crippen LogP contribution in [0.4, 0.5) is 0 Å². The number of carbonyl (C=O) groups is 1. The van der Waals surface area contributed by atoms with Crippen molar-refractivity contribution >= 4 is 23.6 Å². The zero-order chi connectivity index (χ0) is 10.1. The Labute approximate surface area is 84.1 Å². The van der Waals surface area contributed by atoms with Crippen LogP contribution in [0.3, 0.4) is 0 Å². The van der Waals surface area contributed by atoms with E-state index >= 15 is 0 Å². The number of nitrogens with zero attached hydrogens (tertiary/aromatic N) is 3. The van der Waals surface area contributed by atoms with Crippen LogP contribution in [-0.4, -0.2) is 29.1 Å². The van der Waals surface area contributed by atoms with Gasteiger partial charge in [-0.25, -0.2) is 19.8 Å². The van der Waals surface area contributed by atoms with Crippen molar-refractivity contribution < 1.29 is 9.53 Å². The molecular weight excluding hydrogens is 206 g/mol. The largest absolute Gasteiger partial charge is 0.467 e. The first-order valence-corrected chi connectivity index (χ1v) is 4.24. The minimum absolute atomic E-state index is 0.296. The fraction of sp³-hybridized carbons (Fsp3) is 0.250. The van der Waals surface area contributed by atoms with Crippen molar-refractivity contribution in [3.05, 3.63) is 22.2 Å². The molecule has 1 aliphatic heterocycles. The van der Waals surface area contributed by atoms with Gasteiger partial charge in [0.25, 0.3) is 0 Å². The summed E-state index contributed by atoms with van der Waals surface area (Å²) in [6.45, 7) is 0. The van der Waals surface area contributed by atoms with Gasteiger partial charge in [0.2, 0.25) is 0 Å². The Hall–Kier alpha value is -1.49. The van der Waals surface area contributed by atoms with Gasteiger partial charge in [-0.2, -0.15) is 0 Å². The highest BCUT2D eigenvalue weighted by atomic mass is 35.5. The standard InChI is InChI=1S/C8H6ClN3O2/c1-14-8(13)5-2-4-6(9)10-3-11-7(4)12-5/h2-3,5H,1H3/t5-/m1/s1. The Kier molecular flexibility index (Phi) is 2.17. The van der Waals surface area contributed by atoms with Gasteiger partial charge in [0, 0.05) is 0 Å². The van der Waals surface area contributed by atoms with Gasteiger partial charge in [-0.3, -0.25) is 0 Å². The van der Waals surface area contributed by atoms with Crippen LogP contribution in [0.1, 0.15) is 0 Å². The predicted molar refractivity (Wildman–Crippen MR) is 48.1 cm³/mol. The van der Waals surface area contributed by atoms with Crippen LogP contribution in [0.25, 0.3) is 6.08 Å². The zero-order valence-corrected chi connectivity index (χ0v) is 8.02. The second kappa shape index (κ2) is 3.34. The molecule has 2 rings (SSSR count). The van der Waals surface area contributed by atoms with E-state index in [1.807, 2.05) is 0 Å². The highest BCUT2D eigenvalue weighted by Crippen LogP contribution is 2.00. The first kappa shape index (κ1) is 9.08. The molecule has 0 aromatic carbocycles. The second-order valence-corrected chi connectivity index (χ2v) is 3.02. The molecule has 2 heterocycles. The smallest absolute Gasteiger partial charge is 0.334 e. The molecule has 5 nitrogen and oxygen atoms in total. The van der Waals surface area contributed by atoms with Crippen LogP contribution >= 0.6 is 11.6 Å². The monoisotopic (exact) mass is 211 g/mol. The lowest BCUT2D eigenvalue weighted by atomic mass is 10.3. The minimum Gasteiger partial charge on any atom is -0.467 e. The van der Waals surface area contributed by atoms with Crippen molar-refractivity contribution in [3.63, 3.8) is 0 Å². The molecular formula is C8H6ClN3O2. The molecule has 6 heteroatoms. The SMILES string of the molecule is COC(=O)[C@H]1C=c2c(Cl)ncnc2=N1. The molecule has 72 valence electrons. The number of esters is 1. The van der Waals surface area contributed by atoms with E-state index in [-0.39, 0.29) is 0 Å². The molecule has 0 saturated heterocycles. The molecule has 14 heavy (non-hydrogen) atoms. The fourth-order valence-corrected chi connectivity index (χ4v) is 1.37. The van der Waals surface area contributed by atoms with Crippen molar-refractivity contribution in [3.8, 4) is 0 Å². The average molecular weight is 212 g/mol. The second-order valence-electron chi connectivity index (χ2n) is 2.67. The van der Waals surface area contributed by atoms with Gasteiger partial charge in [0.15, 0.2) is 11.5 Å². The first-order chi connectivity index (χ1) is 6.72. The minimum atomic E-state index is -0.649. The van der Waals surface area contributed by atoms with Gasteiger partial charge in [0.1, 0.15) is 11.5 Å². The van der Waals surface area contributed by atoms with Crippen molar-refractivity contribution in [2.75, 3.05) is 7.11 Å². The summed E-state index contributed by atoms with van der Waals surface area (Å²) in [7, 11) is 1.31. The summed E-state index contributed by atoms with van der Waals surface area (Å²) in [6.07, 6.45) is 2.89. The van der Waals surface area contributed by atoms with Gasteiger partial charge in [-0.15, -0.1) is 0 Å². The molecule has 0 unspecified atom stereocenters. The van der Waals surface area contributed by atoms with Crippen molar-refractivity contribution in [2.24, 2.45) is 4.99 Å². The van der Waals surface area contributed by atoms with Crippen molar-refractivity contribution in [1.29, 1.82) is 0 Å². The van der Waals surface area contributed by atoms with Crippen LogP contribution < -0.4 is 10.7 Å². The average Bonchev–Trinajstić information content (AvgIpc) is 2.62. The van der Waals surface area contributed by atoms with E-state index < -0.39 is 12.0 Å². The number of methoxy groups -OCH3 is 1. The van der Waals surface area contributed by atoms with Crippen LogP contribution in [0.5, 0.6) is 0 Å². The van der Waals surface area contributed by atoms with E-state index in [2.05, 4.69) is 19.7 Å². The molecule has 1 atom stereocenters. The Morgan fingerprint density at radius 3 is 3.00 bits per heavy atom. The number of halogens is 1. The molecule has 0 radical (unpaired) electrons. The van der Waals surface area contributed by atoms with Crippen molar-refractivity contribution in [2.45, 2.75) is 6.04 Å². The van der Waals surface area contributed by atoms with Crippen LogP contribution in [0.2, 0.25) is 5.15 Å². The van der Waals surface area contributed by atoms with E-state index in [4.69, 9.17) is 11.6 Å². The van der Waals surface area contributed by atoms with Crippen molar-refractivity contribution in [1.82, 2.24) is 9.97 Å². The van der Waals surface area contributed by atoms with Crippen LogP contribution in [0.15, 0.2) is 11.3 Å². The maximum atomic E-state index is 11.2. The number of hydrogen-bond acceptors (Lipinski definition) is 5. The maximum Gasteiger partial charge on any atom is 0.334 e. The summed E-state index contributed by atoms with van der Waals surface area (Å²) >= 11 is 5.79. The molecule has 1 aromatic heterocycles. The zero-order valence-electron chi connectivity index (χ0n) is 7.27. The van der Waals surface area contributed by atoms with E-state index in [0.29, 0.717) is 15.9 Å². The molecule has 0 saturated carbocycles. The summed E-state index contributed by atoms with van der Waals surface area (Å²) in [5.74, 6) is -0.431. The highest BCUT2D eigenvalue weighted by molar-refractivity contribution is 6.29. The number of carbonyl (C=O) groups excluding carboxylic acids is 1. The van der Waals surface area contributed by atoms with E-state index in [9.17, 15) is 4.79 Å². The first-order valence-electron chi connectivity index (χ1n) is 3.86. The lowest BCUT2D eigenvalue weighted by Crippen LogP contribution is -2.26. The van der Waals surface area contributed by atoms with E-state index in [1.54, 1.807) is 6.08 Å². The van der Waals surface area contributed by atoms with Gasteiger partial charge < -0.3 is 4.74 Å². The van der Waals surface area contributed by atoms with Gasteiger partial charge in [-0.1, -0.05) is 11.6 Å². The number of fused-ring (bicyclic) bond motifs is 1. The Morgan fingerprint density at radius 2 is 2.36 bits per heavy atom. The molecule has 1 aromatic rings. The van der Waals surface area contributed by atoms with Crippen LogP contribution in [-0.2, 0) is 9.53 Å². The summed E-state index contributed by atoms with van der Waals surface area (Å²) < 4.78 is 4.55. The molecule has 1 aliphatic rings. The maximum absolute atomic E-state index is 11.2. The highest BCUT2D eigenvalue weighted by Gasteiger charge is 2.19. The molecule has 0 aliphatic carbocycles. The molecule has 0 bridgehead atoms. The lowest BCUT2D eigenvalue weighted by molar-refractivity contribution is -0.140. The van der Waals surface area contributed by atoms with Crippen LogP contribution in [0, 0.1) is 0 Å². The topological polar surface area (TPSA) is 64.4 Å². The number of rotatable bonds is 1. The number of hydrogen-bond donors (Lipinski definition) is 0. The molecule has 0 fully saturated rings. The van der Waals surface area contributed by atoms with Gasteiger partial charge in [-0.05, 0) is 6.08 Å². The van der Waals surface area contributed by atoms with E-state index in [0.717, 1.165) is 0 Å². The van der Waals surface area contributed by atoms with E-state index in [1.165, 1.54) is 13.4 Å². The number of aromatic nitrogens is 2. The normalized spacial score (nSPS) is 18.0. The summed E-state index contributed by atoms with van der Waals surface area (Å²) in [4.78, 5) is 22.8. The third kappa shape index (κ3) is 1.35.